The molecule has 0 amide bonds. The Morgan fingerprint density at radius 2 is 0.827 bits per heavy atom. The average molecular weight is 675 g/mol. The molecular formula is C51H30S. The topological polar surface area (TPSA) is 0 Å². The van der Waals surface area contributed by atoms with Gasteiger partial charge in [0, 0.05) is 20.2 Å². The van der Waals surface area contributed by atoms with E-state index in [1.807, 2.05) is 11.3 Å². The van der Waals surface area contributed by atoms with E-state index < -0.39 is 0 Å². The van der Waals surface area contributed by atoms with Crippen molar-refractivity contribution in [2.75, 3.05) is 0 Å². The Labute approximate surface area is 305 Å². The van der Waals surface area contributed by atoms with Crippen molar-refractivity contribution < 1.29 is 0 Å². The largest absolute Gasteiger partial charge is 0.135 e. The lowest BCUT2D eigenvalue weighted by atomic mass is 9.70. The standard InChI is InChI=1S/C51H30S/c1-2-15-40-36(11-1)42(30-47-50(40)41-16-5-9-19-46(41)51(47)44-17-7-3-12-37(44)38-13-4-8-18-45(38)51)35-24-23-31-27-32(21-22-33(31)28-35)34-25-26-49-43(29-34)39-14-6-10-20-48(39)52-49/h1-30H. The van der Waals surface area contributed by atoms with Gasteiger partial charge in [-0.1, -0.05) is 146 Å². The van der Waals surface area contributed by atoms with Gasteiger partial charge in [-0.3, -0.25) is 0 Å². The molecule has 2 aliphatic carbocycles. The molecular weight excluding hydrogens is 645 g/mol. The third-order valence-electron chi connectivity index (χ3n) is 11.9. The first-order valence-corrected chi connectivity index (χ1v) is 18.9. The minimum atomic E-state index is -0.376. The van der Waals surface area contributed by atoms with Crippen LogP contribution in [0.4, 0.5) is 0 Å². The Morgan fingerprint density at radius 3 is 1.58 bits per heavy atom. The van der Waals surface area contributed by atoms with E-state index in [1.54, 1.807) is 0 Å². The maximum Gasteiger partial charge on any atom is 0.0725 e. The van der Waals surface area contributed by atoms with Gasteiger partial charge in [-0.15, -0.1) is 11.3 Å². The van der Waals surface area contributed by atoms with Gasteiger partial charge >= 0.3 is 0 Å². The van der Waals surface area contributed by atoms with Crippen molar-refractivity contribution in [2.45, 2.75) is 5.41 Å². The SMILES string of the molecule is c1ccc2c(c1)-c1ccccc1C21c2ccccc2-c2c1cc(-c1ccc3cc(-c4ccc5sc6ccccc6c5c4)ccc3c1)c1ccccc21. The quantitative estimate of drug-likeness (QED) is 0.171. The fourth-order valence-corrected chi connectivity index (χ4v) is 10.8. The van der Waals surface area contributed by atoms with Gasteiger partial charge in [-0.2, -0.15) is 0 Å². The Morgan fingerprint density at radius 1 is 0.308 bits per heavy atom. The molecule has 1 heteroatoms. The van der Waals surface area contributed by atoms with Gasteiger partial charge < -0.3 is 0 Å². The predicted molar refractivity (Wildman–Crippen MR) is 222 cm³/mol. The van der Waals surface area contributed by atoms with Crippen molar-refractivity contribution in [3.05, 3.63) is 204 Å². The van der Waals surface area contributed by atoms with E-state index >= 15 is 0 Å². The van der Waals surface area contributed by atoms with Crippen molar-refractivity contribution >= 4 is 53.1 Å². The molecule has 0 unspecified atom stereocenters. The normalized spacial score (nSPS) is 13.5. The molecule has 0 nitrogen and oxygen atoms in total. The van der Waals surface area contributed by atoms with Crippen LogP contribution >= 0.6 is 11.3 Å². The van der Waals surface area contributed by atoms with Crippen LogP contribution in [-0.4, -0.2) is 0 Å². The average Bonchev–Trinajstić information content (AvgIpc) is 3.84. The van der Waals surface area contributed by atoms with E-state index in [0.717, 1.165) is 0 Å². The number of rotatable bonds is 2. The maximum atomic E-state index is 2.53. The number of hydrogen-bond donors (Lipinski definition) is 0. The Bertz CT molecular complexity index is 3090. The molecule has 12 rings (SSSR count). The van der Waals surface area contributed by atoms with Crippen LogP contribution in [0.15, 0.2) is 182 Å². The summed E-state index contributed by atoms with van der Waals surface area (Å²) >= 11 is 1.87. The zero-order valence-corrected chi connectivity index (χ0v) is 29.0. The zero-order valence-electron chi connectivity index (χ0n) is 28.2. The molecule has 1 aromatic heterocycles. The van der Waals surface area contributed by atoms with Crippen LogP contribution in [0.2, 0.25) is 0 Å². The second-order valence-corrected chi connectivity index (χ2v) is 15.4. The second-order valence-electron chi connectivity index (χ2n) is 14.4. The summed E-state index contributed by atoms with van der Waals surface area (Å²) in [5, 5.41) is 7.79. The molecule has 1 spiro atoms. The second kappa shape index (κ2) is 10.4. The molecule has 0 atom stereocenters. The number of hydrogen-bond acceptors (Lipinski definition) is 1. The molecule has 1 heterocycles. The number of benzene rings is 9. The van der Waals surface area contributed by atoms with E-state index in [9.17, 15) is 0 Å². The lowest BCUT2D eigenvalue weighted by molar-refractivity contribution is 0.794. The fourth-order valence-electron chi connectivity index (χ4n) is 9.69. The fraction of sp³-hybridized carbons (Fsp3) is 0.0196. The molecule has 240 valence electrons. The smallest absolute Gasteiger partial charge is 0.0725 e. The van der Waals surface area contributed by atoms with Crippen LogP contribution in [-0.2, 0) is 5.41 Å². The predicted octanol–water partition coefficient (Wildman–Crippen LogP) is 14.0. The number of thiophene rings is 1. The first-order chi connectivity index (χ1) is 25.8. The lowest BCUT2D eigenvalue weighted by Crippen LogP contribution is -2.25. The Balaban J connectivity index is 1.07. The van der Waals surface area contributed by atoms with E-state index in [1.165, 1.54) is 108 Å². The minimum absolute atomic E-state index is 0.376. The van der Waals surface area contributed by atoms with Gasteiger partial charge in [0.05, 0.1) is 5.41 Å². The summed E-state index contributed by atoms with van der Waals surface area (Å²) in [6.07, 6.45) is 0. The van der Waals surface area contributed by atoms with Crippen LogP contribution in [0.25, 0.3) is 86.2 Å². The van der Waals surface area contributed by atoms with Gasteiger partial charge in [0.15, 0.2) is 0 Å². The highest BCUT2D eigenvalue weighted by Crippen LogP contribution is 2.64. The van der Waals surface area contributed by atoms with E-state index in [-0.39, 0.29) is 5.41 Å². The molecule has 0 N–H and O–H groups in total. The molecule has 10 aromatic rings. The lowest BCUT2D eigenvalue weighted by Gasteiger charge is -2.31. The Hall–Kier alpha value is -6.28. The summed E-state index contributed by atoms with van der Waals surface area (Å²) < 4.78 is 2.68. The molecule has 0 bridgehead atoms. The van der Waals surface area contributed by atoms with Gasteiger partial charge in [-0.05, 0) is 125 Å². The third-order valence-corrected chi connectivity index (χ3v) is 13.0. The van der Waals surface area contributed by atoms with Crippen LogP contribution in [0, 0.1) is 0 Å². The maximum absolute atomic E-state index is 2.53. The van der Waals surface area contributed by atoms with E-state index in [0.29, 0.717) is 0 Å². The third kappa shape index (κ3) is 3.66. The van der Waals surface area contributed by atoms with Crippen molar-refractivity contribution in [2.24, 2.45) is 0 Å². The number of fused-ring (bicyclic) bond motifs is 16. The van der Waals surface area contributed by atoms with Crippen molar-refractivity contribution in [1.29, 1.82) is 0 Å². The summed E-state index contributed by atoms with van der Waals surface area (Å²) in [5.74, 6) is 0. The summed E-state index contributed by atoms with van der Waals surface area (Å²) in [5.41, 5.74) is 15.5. The molecule has 2 aliphatic rings. The molecule has 0 aliphatic heterocycles. The monoisotopic (exact) mass is 674 g/mol. The summed E-state index contributed by atoms with van der Waals surface area (Å²) in [7, 11) is 0. The van der Waals surface area contributed by atoms with E-state index in [2.05, 4.69) is 182 Å². The molecule has 0 saturated carbocycles. The van der Waals surface area contributed by atoms with Crippen molar-refractivity contribution in [3.63, 3.8) is 0 Å². The first kappa shape index (κ1) is 28.4. The first-order valence-electron chi connectivity index (χ1n) is 18.1. The summed E-state index contributed by atoms with van der Waals surface area (Å²) in [4.78, 5) is 0. The molecule has 0 saturated heterocycles. The van der Waals surface area contributed by atoms with Crippen LogP contribution < -0.4 is 0 Å². The highest BCUT2D eigenvalue weighted by Gasteiger charge is 2.52. The molecule has 0 radical (unpaired) electrons. The van der Waals surface area contributed by atoms with E-state index in [4.69, 9.17) is 0 Å². The summed E-state index contributed by atoms with van der Waals surface area (Å²) in [6, 6.07) is 68.5. The molecule has 9 aromatic carbocycles. The highest BCUT2D eigenvalue weighted by molar-refractivity contribution is 7.25. The molecule has 52 heavy (non-hydrogen) atoms. The van der Waals surface area contributed by atoms with Gasteiger partial charge in [0.2, 0.25) is 0 Å². The summed E-state index contributed by atoms with van der Waals surface area (Å²) in [6.45, 7) is 0. The van der Waals surface area contributed by atoms with Crippen molar-refractivity contribution in [1.82, 2.24) is 0 Å². The van der Waals surface area contributed by atoms with Crippen LogP contribution in [0.5, 0.6) is 0 Å². The van der Waals surface area contributed by atoms with Crippen LogP contribution in [0.3, 0.4) is 0 Å². The van der Waals surface area contributed by atoms with Gasteiger partial charge in [0.25, 0.3) is 0 Å². The van der Waals surface area contributed by atoms with Crippen LogP contribution in [0.1, 0.15) is 22.3 Å². The zero-order chi connectivity index (χ0) is 34.0. The highest BCUT2D eigenvalue weighted by atomic mass is 32.1. The Kier molecular flexibility index (Phi) is 5.68. The van der Waals surface area contributed by atoms with Crippen molar-refractivity contribution in [3.8, 4) is 44.5 Å². The molecule has 0 fully saturated rings. The van der Waals surface area contributed by atoms with Gasteiger partial charge in [0.1, 0.15) is 0 Å². The van der Waals surface area contributed by atoms with Gasteiger partial charge in [-0.25, -0.2) is 0 Å². The minimum Gasteiger partial charge on any atom is -0.135 e.